The molecule has 0 spiro atoms. The first-order valence-electron chi connectivity index (χ1n) is 7.33. The van der Waals surface area contributed by atoms with Gasteiger partial charge in [0, 0.05) is 24.3 Å². The van der Waals surface area contributed by atoms with E-state index < -0.39 is 0 Å². The molecule has 2 atom stereocenters. The van der Waals surface area contributed by atoms with Crippen LogP contribution in [-0.4, -0.2) is 31.3 Å². The molecule has 3 nitrogen and oxygen atoms in total. The van der Waals surface area contributed by atoms with Gasteiger partial charge in [-0.25, -0.2) is 0 Å². The molecule has 0 amide bonds. The molecule has 0 aliphatic carbocycles. The molecule has 2 rings (SSSR count). The van der Waals surface area contributed by atoms with Crippen molar-refractivity contribution in [3.05, 3.63) is 24.3 Å². The molecular weight excluding hydrogens is 236 g/mol. The molecule has 1 N–H and O–H groups in total. The largest absolute Gasteiger partial charge is 0.491 e. The van der Waals surface area contributed by atoms with Crippen molar-refractivity contribution in [1.29, 1.82) is 0 Å². The zero-order valence-electron chi connectivity index (χ0n) is 12.5. The standard InChI is InChI=1S/C16H26N2O/c1-12(2)19-16-7-5-15(6-8-16)18-13(3)9-10-17-11-14(18)4/h5-8,12-14,17H,9-11H2,1-4H3. The van der Waals surface area contributed by atoms with Gasteiger partial charge in [0.1, 0.15) is 5.75 Å². The lowest BCUT2D eigenvalue weighted by Gasteiger charge is -2.34. The normalized spacial score (nSPS) is 24.4. The molecule has 106 valence electrons. The van der Waals surface area contributed by atoms with Crippen LogP contribution in [0.4, 0.5) is 5.69 Å². The molecule has 0 bridgehead atoms. The van der Waals surface area contributed by atoms with Gasteiger partial charge in [-0.15, -0.1) is 0 Å². The second kappa shape index (κ2) is 6.29. The van der Waals surface area contributed by atoms with Gasteiger partial charge in [-0.05, 0) is 64.9 Å². The molecule has 1 aromatic carbocycles. The molecule has 0 aromatic heterocycles. The number of benzene rings is 1. The predicted molar refractivity (Wildman–Crippen MR) is 81.1 cm³/mol. The highest BCUT2D eigenvalue weighted by Gasteiger charge is 2.22. The van der Waals surface area contributed by atoms with Gasteiger partial charge in [-0.2, -0.15) is 0 Å². The van der Waals surface area contributed by atoms with E-state index in [2.05, 4.69) is 62.2 Å². The van der Waals surface area contributed by atoms with Crippen molar-refractivity contribution in [2.24, 2.45) is 0 Å². The predicted octanol–water partition coefficient (Wildman–Crippen LogP) is 3.05. The Balaban J connectivity index is 2.15. The van der Waals surface area contributed by atoms with Crippen LogP contribution >= 0.6 is 0 Å². The number of hydrogen-bond donors (Lipinski definition) is 1. The monoisotopic (exact) mass is 262 g/mol. The molecular formula is C16H26N2O. The minimum absolute atomic E-state index is 0.228. The lowest BCUT2D eigenvalue weighted by atomic mass is 10.1. The van der Waals surface area contributed by atoms with Gasteiger partial charge in [-0.3, -0.25) is 0 Å². The third kappa shape index (κ3) is 3.63. The van der Waals surface area contributed by atoms with E-state index in [0.29, 0.717) is 12.1 Å². The van der Waals surface area contributed by atoms with E-state index in [9.17, 15) is 0 Å². The maximum Gasteiger partial charge on any atom is 0.119 e. The summed E-state index contributed by atoms with van der Waals surface area (Å²) in [5.41, 5.74) is 1.29. The van der Waals surface area contributed by atoms with Crippen molar-refractivity contribution >= 4 is 5.69 Å². The fraction of sp³-hybridized carbons (Fsp3) is 0.625. The number of nitrogens with zero attached hydrogens (tertiary/aromatic N) is 1. The topological polar surface area (TPSA) is 24.5 Å². The van der Waals surface area contributed by atoms with Gasteiger partial charge in [-0.1, -0.05) is 0 Å². The summed E-state index contributed by atoms with van der Waals surface area (Å²) < 4.78 is 5.70. The summed E-state index contributed by atoms with van der Waals surface area (Å²) in [6, 6.07) is 9.60. The highest BCUT2D eigenvalue weighted by Crippen LogP contribution is 2.25. The lowest BCUT2D eigenvalue weighted by molar-refractivity contribution is 0.242. The molecule has 0 radical (unpaired) electrons. The Morgan fingerprint density at radius 2 is 1.84 bits per heavy atom. The summed E-state index contributed by atoms with van der Waals surface area (Å²) in [5, 5.41) is 3.50. The van der Waals surface area contributed by atoms with Crippen LogP contribution in [-0.2, 0) is 0 Å². The molecule has 1 aliphatic rings. The van der Waals surface area contributed by atoms with Crippen LogP contribution in [0.5, 0.6) is 5.75 Å². The summed E-state index contributed by atoms with van der Waals surface area (Å²) in [6.07, 6.45) is 1.42. The third-order valence-electron chi connectivity index (χ3n) is 3.64. The van der Waals surface area contributed by atoms with Gasteiger partial charge in [0.05, 0.1) is 6.10 Å². The van der Waals surface area contributed by atoms with Crippen molar-refractivity contribution in [2.75, 3.05) is 18.0 Å². The fourth-order valence-corrected chi connectivity index (χ4v) is 2.77. The molecule has 19 heavy (non-hydrogen) atoms. The Bertz CT molecular complexity index is 376. The quantitative estimate of drug-likeness (QED) is 0.906. The maximum absolute atomic E-state index is 5.70. The second-order valence-corrected chi connectivity index (χ2v) is 5.76. The zero-order valence-corrected chi connectivity index (χ0v) is 12.5. The van der Waals surface area contributed by atoms with Crippen LogP contribution in [0.1, 0.15) is 34.1 Å². The van der Waals surface area contributed by atoms with Gasteiger partial charge < -0.3 is 15.0 Å². The van der Waals surface area contributed by atoms with Crippen LogP contribution in [0, 0.1) is 0 Å². The minimum Gasteiger partial charge on any atom is -0.491 e. The van der Waals surface area contributed by atoms with Crippen LogP contribution in [0.15, 0.2) is 24.3 Å². The van der Waals surface area contributed by atoms with Crippen LogP contribution in [0.25, 0.3) is 0 Å². The second-order valence-electron chi connectivity index (χ2n) is 5.76. The zero-order chi connectivity index (χ0) is 13.8. The Morgan fingerprint density at radius 1 is 1.16 bits per heavy atom. The number of ether oxygens (including phenoxy) is 1. The average Bonchev–Trinajstić information content (AvgIpc) is 2.52. The van der Waals surface area contributed by atoms with Crippen molar-refractivity contribution < 1.29 is 4.74 Å². The van der Waals surface area contributed by atoms with Gasteiger partial charge in [0.15, 0.2) is 0 Å². The van der Waals surface area contributed by atoms with E-state index in [4.69, 9.17) is 4.74 Å². The first kappa shape index (κ1) is 14.2. The molecule has 1 fully saturated rings. The van der Waals surface area contributed by atoms with Crippen molar-refractivity contribution in [3.63, 3.8) is 0 Å². The Morgan fingerprint density at radius 3 is 2.47 bits per heavy atom. The average molecular weight is 262 g/mol. The van der Waals surface area contributed by atoms with Crippen LogP contribution in [0.3, 0.4) is 0 Å². The van der Waals surface area contributed by atoms with E-state index in [1.165, 1.54) is 12.1 Å². The minimum atomic E-state index is 0.228. The number of hydrogen-bond acceptors (Lipinski definition) is 3. The first-order valence-corrected chi connectivity index (χ1v) is 7.33. The SMILES string of the molecule is CC(C)Oc1ccc(N2C(C)CCNCC2C)cc1. The molecule has 3 heteroatoms. The summed E-state index contributed by atoms with van der Waals surface area (Å²) in [4.78, 5) is 2.51. The van der Waals surface area contributed by atoms with E-state index in [0.717, 1.165) is 18.8 Å². The van der Waals surface area contributed by atoms with Gasteiger partial charge in [0.2, 0.25) is 0 Å². The summed E-state index contributed by atoms with van der Waals surface area (Å²) in [6.45, 7) is 10.9. The summed E-state index contributed by atoms with van der Waals surface area (Å²) in [5.74, 6) is 0.951. The highest BCUT2D eigenvalue weighted by molar-refractivity contribution is 5.51. The first-order chi connectivity index (χ1) is 9.08. The maximum atomic E-state index is 5.70. The van der Waals surface area contributed by atoms with E-state index in [-0.39, 0.29) is 6.10 Å². The van der Waals surface area contributed by atoms with E-state index >= 15 is 0 Å². The van der Waals surface area contributed by atoms with E-state index in [1.54, 1.807) is 0 Å². The Labute approximate surface area is 116 Å². The van der Waals surface area contributed by atoms with Gasteiger partial charge >= 0.3 is 0 Å². The number of anilines is 1. The van der Waals surface area contributed by atoms with Crippen molar-refractivity contribution in [1.82, 2.24) is 5.32 Å². The third-order valence-corrected chi connectivity index (χ3v) is 3.64. The molecule has 1 heterocycles. The van der Waals surface area contributed by atoms with Crippen molar-refractivity contribution in [3.8, 4) is 5.75 Å². The Hall–Kier alpha value is -1.22. The summed E-state index contributed by atoms with van der Waals surface area (Å²) >= 11 is 0. The summed E-state index contributed by atoms with van der Waals surface area (Å²) in [7, 11) is 0. The molecule has 1 aliphatic heterocycles. The van der Waals surface area contributed by atoms with Gasteiger partial charge in [0.25, 0.3) is 0 Å². The lowest BCUT2D eigenvalue weighted by Crippen LogP contribution is -2.41. The van der Waals surface area contributed by atoms with Crippen LogP contribution in [0.2, 0.25) is 0 Å². The molecule has 1 aromatic rings. The molecule has 1 saturated heterocycles. The van der Waals surface area contributed by atoms with Crippen molar-refractivity contribution in [2.45, 2.75) is 52.3 Å². The Kier molecular flexibility index (Phi) is 4.70. The number of rotatable bonds is 3. The fourth-order valence-electron chi connectivity index (χ4n) is 2.77. The molecule has 0 saturated carbocycles. The smallest absolute Gasteiger partial charge is 0.119 e. The van der Waals surface area contributed by atoms with E-state index in [1.807, 2.05) is 0 Å². The molecule has 2 unspecified atom stereocenters. The highest BCUT2D eigenvalue weighted by atomic mass is 16.5. The van der Waals surface area contributed by atoms with Crippen LogP contribution < -0.4 is 15.0 Å². The number of nitrogens with one attached hydrogen (secondary N) is 1.